The Bertz CT molecular complexity index is 541. The van der Waals surface area contributed by atoms with Crippen LogP contribution in [0, 0.1) is 5.92 Å². The molecule has 0 aliphatic carbocycles. The third-order valence-corrected chi connectivity index (χ3v) is 4.03. The minimum Gasteiger partial charge on any atom is -0.463 e. The second kappa shape index (κ2) is 5.12. The number of benzene rings is 1. The van der Waals surface area contributed by atoms with E-state index in [-0.39, 0.29) is 11.5 Å². The molecule has 0 saturated carbocycles. The lowest BCUT2D eigenvalue weighted by molar-refractivity contribution is -0.152. The Morgan fingerprint density at radius 2 is 2.17 bits per heavy atom. The SMILES string of the molecule is COC(=O)C(=O)C1CSc2ccc(Cl)cc2C1=O. The highest BCUT2D eigenvalue weighted by Gasteiger charge is 2.37. The maximum Gasteiger partial charge on any atom is 0.375 e. The van der Waals surface area contributed by atoms with Gasteiger partial charge < -0.3 is 4.74 Å². The number of rotatable bonds is 2. The number of methoxy groups -OCH3 is 1. The number of carbonyl (C=O) groups is 3. The molecular weight excluding hydrogens is 276 g/mol. The smallest absolute Gasteiger partial charge is 0.375 e. The molecule has 4 nitrogen and oxygen atoms in total. The van der Waals surface area contributed by atoms with Gasteiger partial charge >= 0.3 is 5.97 Å². The van der Waals surface area contributed by atoms with Crippen LogP contribution in [0.15, 0.2) is 23.1 Å². The van der Waals surface area contributed by atoms with Crippen LogP contribution in [0.25, 0.3) is 0 Å². The van der Waals surface area contributed by atoms with E-state index >= 15 is 0 Å². The fourth-order valence-corrected chi connectivity index (χ4v) is 3.00. The monoisotopic (exact) mass is 284 g/mol. The highest BCUT2D eigenvalue weighted by Crippen LogP contribution is 2.34. The van der Waals surface area contributed by atoms with Gasteiger partial charge in [-0.05, 0) is 18.2 Å². The van der Waals surface area contributed by atoms with Gasteiger partial charge in [-0.1, -0.05) is 11.6 Å². The van der Waals surface area contributed by atoms with E-state index in [0.717, 1.165) is 12.0 Å². The Morgan fingerprint density at radius 3 is 2.83 bits per heavy atom. The maximum atomic E-state index is 12.1. The van der Waals surface area contributed by atoms with Crippen molar-refractivity contribution < 1.29 is 19.1 Å². The summed E-state index contributed by atoms with van der Waals surface area (Å²) in [6, 6.07) is 4.94. The predicted octanol–water partition coefficient (Wildman–Crippen LogP) is 1.99. The zero-order valence-corrected chi connectivity index (χ0v) is 11.0. The first-order chi connectivity index (χ1) is 8.54. The van der Waals surface area contributed by atoms with Crippen LogP contribution in [-0.2, 0) is 14.3 Å². The van der Waals surface area contributed by atoms with E-state index < -0.39 is 17.7 Å². The van der Waals surface area contributed by atoms with Crippen LogP contribution >= 0.6 is 23.4 Å². The van der Waals surface area contributed by atoms with Gasteiger partial charge in [0.2, 0.25) is 0 Å². The van der Waals surface area contributed by atoms with Crippen molar-refractivity contribution in [2.24, 2.45) is 5.92 Å². The highest BCUT2D eigenvalue weighted by molar-refractivity contribution is 7.99. The van der Waals surface area contributed by atoms with Crippen molar-refractivity contribution in [3.05, 3.63) is 28.8 Å². The number of ketones is 2. The second-order valence-corrected chi connectivity index (χ2v) is 5.22. The van der Waals surface area contributed by atoms with E-state index in [4.69, 9.17) is 11.6 Å². The molecule has 0 aromatic heterocycles. The van der Waals surface area contributed by atoms with Crippen molar-refractivity contribution >= 4 is 40.9 Å². The average molecular weight is 285 g/mol. The van der Waals surface area contributed by atoms with Crippen LogP contribution in [0.4, 0.5) is 0 Å². The van der Waals surface area contributed by atoms with Gasteiger partial charge in [0.15, 0.2) is 5.78 Å². The first kappa shape index (κ1) is 13.1. The minimum absolute atomic E-state index is 0.251. The van der Waals surface area contributed by atoms with Gasteiger partial charge in [0.25, 0.3) is 5.78 Å². The molecule has 18 heavy (non-hydrogen) atoms. The summed E-state index contributed by atoms with van der Waals surface area (Å²) in [4.78, 5) is 35.8. The van der Waals surface area contributed by atoms with Crippen molar-refractivity contribution in [3.63, 3.8) is 0 Å². The van der Waals surface area contributed by atoms with E-state index in [1.54, 1.807) is 12.1 Å². The van der Waals surface area contributed by atoms with E-state index in [2.05, 4.69) is 4.74 Å². The Morgan fingerprint density at radius 1 is 1.44 bits per heavy atom. The van der Waals surface area contributed by atoms with Gasteiger partial charge in [0.05, 0.1) is 7.11 Å². The quantitative estimate of drug-likeness (QED) is 0.472. The summed E-state index contributed by atoms with van der Waals surface area (Å²) in [5.74, 6) is -2.89. The van der Waals surface area contributed by atoms with Crippen molar-refractivity contribution in [1.29, 1.82) is 0 Å². The fraction of sp³-hybridized carbons (Fsp3) is 0.250. The molecule has 0 N–H and O–H groups in total. The molecule has 1 atom stereocenters. The molecular formula is C12H9ClO4S. The molecule has 1 aliphatic rings. The molecule has 1 aliphatic heterocycles. The Labute approximate surface area is 113 Å². The summed E-state index contributed by atoms with van der Waals surface area (Å²) >= 11 is 7.18. The van der Waals surface area contributed by atoms with Crippen molar-refractivity contribution in [2.75, 3.05) is 12.9 Å². The summed E-state index contributed by atoms with van der Waals surface area (Å²) in [5, 5.41) is 0.425. The lowest BCUT2D eigenvalue weighted by atomic mass is 9.94. The maximum absolute atomic E-state index is 12.1. The van der Waals surface area contributed by atoms with Crippen LogP contribution in [-0.4, -0.2) is 30.4 Å². The first-order valence-electron chi connectivity index (χ1n) is 5.13. The highest BCUT2D eigenvalue weighted by atomic mass is 35.5. The van der Waals surface area contributed by atoms with Gasteiger partial charge in [-0.3, -0.25) is 9.59 Å². The van der Waals surface area contributed by atoms with Gasteiger partial charge in [-0.2, -0.15) is 0 Å². The average Bonchev–Trinajstić information content (AvgIpc) is 2.38. The van der Waals surface area contributed by atoms with Crippen molar-refractivity contribution in [3.8, 4) is 0 Å². The fourth-order valence-electron chi connectivity index (χ4n) is 1.69. The second-order valence-electron chi connectivity index (χ2n) is 3.72. The van der Waals surface area contributed by atoms with E-state index in [0.29, 0.717) is 10.6 Å². The molecule has 0 bridgehead atoms. The summed E-state index contributed by atoms with van der Waals surface area (Å²) in [5.41, 5.74) is 0.390. The molecule has 1 aromatic rings. The number of ether oxygens (including phenoxy) is 1. The lowest BCUT2D eigenvalue weighted by Crippen LogP contribution is -2.35. The molecule has 0 radical (unpaired) electrons. The van der Waals surface area contributed by atoms with Crippen LogP contribution in [0.5, 0.6) is 0 Å². The molecule has 94 valence electrons. The number of fused-ring (bicyclic) bond motifs is 1. The lowest BCUT2D eigenvalue weighted by Gasteiger charge is -2.20. The van der Waals surface area contributed by atoms with E-state index in [1.165, 1.54) is 17.8 Å². The standard InChI is InChI=1S/C12H9ClO4S/c1-17-12(16)11(15)8-5-18-9-3-2-6(13)4-7(9)10(8)14/h2-4,8H,5H2,1H3. The van der Waals surface area contributed by atoms with E-state index in [1.807, 2.05) is 0 Å². The number of thioether (sulfide) groups is 1. The summed E-state index contributed by atoms with van der Waals surface area (Å²) in [6.07, 6.45) is 0. The molecule has 1 unspecified atom stereocenters. The van der Waals surface area contributed by atoms with Crippen LogP contribution in [0.1, 0.15) is 10.4 Å². The van der Waals surface area contributed by atoms with Crippen molar-refractivity contribution in [2.45, 2.75) is 4.90 Å². The van der Waals surface area contributed by atoms with Crippen LogP contribution in [0.3, 0.4) is 0 Å². The van der Waals surface area contributed by atoms with Gasteiger partial charge in [-0.15, -0.1) is 11.8 Å². The number of esters is 1. The molecule has 0 amide bonds. The molecule has 1 heterocycles. The molecule has 0 saturated heterocycles. The summed E-state index contributed by atoms with van der Waals surface area (Å²) in [7, 11) is 1.12. The number of hydrogen-bond donors (Lipinski definition) is 0. The van der Waals surface area contributed by atoms with E-state index in [9.17, 15) is 14.4 Å². The molecule has 0 spiro atoms. The number of halogens is 1. The van der Waals surface area contributed by atoms with Gasteiger partial charge in [0.1, 0.15) is 5.92 Å². The zero-order valence-electron chi connectivity index (χ0n) is 9.44. The Kier molecular flexibility index (Phi) is 3.73. The molecule has 1 aromatic carbocycles. The number of hydrogen-bond acceptors (Lipinski definition) is 5. The number of Topliss-reactive ketones (excluding diaryl/α,β-unsaturated/α-hetero) is 2. The van der Waals surface area contributed by atoms with Gasteiger partial charge in [-0.25, -0.2) is 4.79 Å². The largest absolute Gasteiger partial charge is 0.463 e. The molecule has 2 rings (SSSR count). The number of carbonyl (C=O) groups excluding carboxylic acids is 3. The Hall–Kier alpha value is -1.33. The third-order valence-electron chi connectivity index (χ3n) is 2.63. The zero-order chi connectivity index (χ0) is 13.3. The molecule has 6 heteroatoms. The minimum atomic E-state index is -0.987. The van der Waals surface area contributed by atoms with Crippen LogP contribution < -0.4 is 0 Å². The van der Waals surface area contributed by atoms with Crippen LogP contribution in [0.2, 0.25) is 5.02 Å². The third kappa shape index (κ3) is 2.28. The summed E-state index contributed by atoms with van der Waals surface area (Å²) < 4.78 is 4.35. The normalized spacial score (nSPS) is 18.1. The predicted molar refractivity (Wildman–Crippen MR) is 67.0 cm³/mol. The molecule has 0 fully saturated rings. The topological polar surface area (TPSA) is 60.4 Å². The van der Waals surface area contributed by atoms with Gasteiger partial charge in [0, 0.05) is 21.2 Å². The van der Waals surface area contributed by atoms with Crippen molar-refractivity contribution in [1.82, 2.24) is 0 Å². The summed E-state index contributed by atoms with van der Waals surface area (Å²) in [6.45, 7) is 0. The Balaban J connectivity index is 2.33. The first-order valence-corrected chi connectivity index (χ1v) is 6.49.